The first-order chi connectivity index (χ1) is 9.96. The minimum Gasteiger partial charge on any atom is -0.481 e. The van der Waals surface area contributed by atoms with Crippen LogP contribution in [0.25, 0.3) is 0 Å². The lowest BCUT2D eigenvalue weighted by atomic mass is 10.1. The van der Waals surface area contributed by atoms with Crippen molar-refractivity contribution in [3.63, 3.8) is 0 Å². The molecule has 112 valence electrons. The number of ether oxygens (including phenoxy) is 2. The number of alkyl halides is 1. The largest absolute Gasteiger partial charge is 0.481 e. The Morgan fingerprint density at radius 1 is 1.05 bits per heavy atom. The summed E-state index contributed by atoms with van der Waals surface area (Å²) in [5, 5.41) is -0.00147. The van der Waals surface area contributed by atoms with E-state index in [1.165, 1.54) is 14.2 Å². The van der Waals surface area contributed by atoms with Crippen molar-refractivity contribution in [2.75, 3.05) is 20.0 Å². The Labute approximate surface area is 136 Å². The molecule has 1 atom stereocenters. The van der Waals surface area contributed by atoms with Crippen LogP contribution in [0.2, 0.25) is 10.0 Å². The molecule has 1 unspecified atom stereocenters. The SMILES string of the molecule is COc1cc(OC)nc(C(Cl)c2c(N)cc(Cl)cc2Cl)n1. The zero-order valence-electron chi connectivity index (χ0n) is 11.2. The maximum Gasteiger partial charge on any atom is 0.220 e. The Kier molecular flexibility index (Phi) is 4.98. The fraction of sp³-hybridized carbons (Fsp3) is 0.231. The highest BCUT2D eigenvalue weighted by Gasteiger charge is 2.22. The summed E-state index contributed by atoms with van der Waals surface area (Å²) in [5.41, 5.74) is 6.77. The first-order valence-corrected chi connectivity index (χ1v) is 7.01. The van der Waals surface area contributed by atoms with Gasteiger partial charge in [0.25, 0.3) is 0 Å². The van der Waals surface area contributed by atoms with E-state index in [1.54, 1.807) is 18.2 Å². The highest BCUT2D eigenvalue weighted by molar-refractivity contribution is 6.36. The zero-order valence-corrected chi connectivity index (χ0v) is 13.5. The molecule has 0 saturated heterocycles. The van der Waals surface area contributed by atoms with Crippen LogP contribution in [0.1, 0.15) is 16.8 Å². The van der Waals surface area contributed by atoms with E-state index in [0.29, 0.717) is 33.1 Å². The molecule has 0 aliphatic carbocycles. The second-order valence-corrected chi connectivity index (χ2v) is 5.34. The van der Waals surface area contributed by atoms with Gasteiger partial charge in [-0.3, -0.25) is 0 Å². The Morgan fingerprint density at radius 3 is 2.10 bits per heavy atom. The van der Waals surface area contributed by atoms with E-state index in [-0.39, 0.29) is 5.82 Å². The number of hydrogen-bond acceptors (Lipinski definition) is 5. The van der Waals surface area contributed by atoms with E-state index in [0.717, 1.165) is 0 Å². The maximum atomic E-state index is 6.41. The standard InChI is InChI=1S/C13H12Cl3N3O2/c1-20-9-5-10(21-2)19-13(18-9)12(16)11-7(15)3-6(14)4-8(11)17/h3-5,12H,17H2,1-2H3. The number of aromatic nitrogens is 2. The lowest BCUT2D eigenvalue weighted by Crippen LogP contribution is -2.06. The Bertz CT molecular complexity index is 622. The van der Waals surface area contributed by atoms with Gasteiger partial charge in [0.15, 0.2) is 5.82 Å². The molecule has 21 heavy (non-hydrogen) atoms. The van der Waals surface area contributed by atoms with Crippen LogP contribution in [0.4, 0.5) is 5.69 Å². The molecule has 1 heterocycles. The minimum atomic E-state index is -0.765. The Hall–Kier alpha value is -1.43. The molecule has 2 aromatic rings. The topological polar surface area (TPSA) is 70.3 Å². The summed E-state index contributed by atoms with van der Waals surface area (Å²) in [6.45, 7) is 0. The van der Waals surface area contributed by atoms with Gasteiger partial charge in [0.05, 0.1) is 20.3 Å². The predicted octanol–water partition coefficient (Wildman–Crippen LogP) is 3.71. The molecule has 0 saturated carbocycles. The second-order valence-electron chi connectivity index (χ2n) is 4.06. The number of halogens is 3. The normalized spacial score (nSPS) is 12.0. The van der Waals surface area contributed by atoms with Crippen molar-refractivity contribution in [3.8, 4) is 11.8 Å². The smallest absolute Gasteiger partial charge is 0.220 e. The number of nitrogens with two attached hydrogens (primary N) is 1. The van der Waals surface area contributed by atoms with Crippen molar-refractivity contribution in [2.45, 2.75) is 5.38 Å². The van der Waals surface area contributed by atoms with Crippen LogP contribution < -0.4 is 15.2 Å². The second kappa shape index (κ2) is 6.56. The van der Waals surface area contributed by atoms with Crippen molar-refractivity contribution in [1.29, 1.82) is 0 Å². The van der Waals surface area contributed by atoms with Gasteiger partial charge in [-0.25, -0.2) is 0 Å². The molecule has 0 radical (unpaired) electrons. The summed E-state index contributed by atoms with van der Waals surface area (Å²) in [7, 11) is 2.97. The van der Waals surface area contributed by atoms with Gasteiger partial charge < -0.3 is 15.2 Å². The van der Waals surface area contributed by atoms with Gasteiger partial charge in [0, 0.05) is 21.3 Å². The third-order valence-electron chi connectivity index (χ3n) is 2.72. The Morgan fingerprint density at radius 2 is 1.62 bits per heavy atom. The van der Waals surface area contributed by atoms with Crippen molar-refractivity contribution in [1.82, 2.24) is 9.97 Å². The number of hydrogen-bond donors (Lipinski definition) is 1. The molecular weight excluding hydrogens is 337 g/mol. The summed E-state index contributed by atoms with van der Waals surface area (Å²) in [5.74, 6) is 0.918. The first-order valence-electron chi connectivity index (χ1n) is 5.81. The van der Waals surface area contributed by atoms with Crippen LogP contribution in [-0.4, -0.2) is 24.2 Å². The summed E-state index contributed by atoms with van der Waals surface area (Å²) < 4.78 is 10.2. The molecule has 0 aliphatic heterocycles. The number of benzene rings is 1. The number of nitrogen functional groups attached to an aromatic ring is 1. The van der Waals surface area contributed by atoms with Gasteiger partial charge >= 0.3 is 0 Å². The maximum absolute atomic E-state index is 6.41. The van der Waals surface area contributed by atoms with Crippen LogP contribution in [0.15, 0.2) is 18.2 Å². The van der Waals surface area contributed by atoms with Gasteiger partial charge in [-0.15, -0.1) is 11.6 Å². The highest BCUT2D eigenvalue weighted by Crippen LogP contribution is 2.38. The quantitative estimate of drug-likeness (QED) is 0.673. The van der Waals surface area contributed by atoms with Crippen molar-refractivity contribution in [2.24, 2.45) is 0 Å². The van der Waals surface area contributed by atoms with Crippen LogP contribution in [0.5, 0.6) is 11.8 Å². The molecule has 0 amide bonds. The predicted molar refractivity (Wildman–Crippen MR) is 83.7 cm³/mol. The van der Waals surface area contributed by atoms with E-state index in [1.807, 2.05) is 0 Å². The molecule has 0 bridgehead atoms. The molecule has 1 aromatic heterocycles. The zero-order chi connectivity index (χ0) is 15.6. The number of anilines is 1. The lowest BCUT2D eigenvalue weighted by molar-refractivity contribution is 0.368. The van der Waals surface area contributed by atoms with E-state index in [9.17, 15) is 0 Å². The van der Waals surface area contributed by atoms with Gasteiger partial charge in [0.1, 0.15) is 5.38 Å². The van der Waals surface area contributed by atoms with E-state index < -0.39 is 5.38 Å². The minimum absolute atomic E-state index is 0.267. The van der Waals surface area contributed by atoms with Crippen molar-refractivity contribution in [3.05, 3.63) is 39.6 Å². The number of nitrogens with zero attached hydrogens (tertiary/aromatic N) is 2. The molecule has 0 aliphatic rings. The molecule has 1 aromatic carbocycles. The Balaban J connectivity index is 2.52. The lowest BCUT2D eigenvalue weighted by Gasteiger charge is -2.15. The highest BCUT2D eigenvalue weighted by atomic mass is 35.5. The molecule has 0 spiro atoms. The van der Waals surface area contributed by atoms with Gasteiger partial charge in [-0.2, -0.15) is 9.97 Å². The monoisotopic (exact) mass is 347 g/mol. The first kappa shape index (κ1) is 15.9. The van der Waals surface area contributed by atoms with Gasteiger partial charge in [0.2, 0.25) is 11.8 Å². The van der Waals surface area contributed by atoms with Gasteiger partial charge in [-0.1, -0.05) is 23.2 Å². The van der Waals surface area contributed by atoms with E-state index >= 15 is 0 Å². The average molecular weight is 349 g/mol. The molecule has 8 heteroatoms. The van der Waals surface area contributed by atoms with Crippen LogP contribution >= 0.6 is 34.8 Å². The fourth-order valence-corrected chi connectivity index (χ4v) is 2.76. The molecule has 0 fully saturated rings. The van der Waals surface area contributed by atoms with Crippen LogP contribution in [-0.2, 0) is 0 Å². The third-order valence-corrected chi connectivity index (χ3v) is 3.67. The number of methoxy groups -OCH3 is 2. The summed E-state index contributed by atoms with van der Waals surface area (Å²) in [4.78, 5) is 8.38. The van der Waals surface area contributed by atoms with Crippen LogP contribution in [0, 0.1) is 0 Å². The summed E-state index contributed by atoms with van der Waals surface area (Å²) in [6.07, 6.45) is 0. The fourth-order valence-electron chi connectivity index (χ4n) is 1.74. The molecule has 2 N–H and O–H groups in total. The van der Waals surface area contributed by atoms with Crippen molar-refractivity contribution >= 4 is 40.5 Å². The van der Waals surface area contributed by atoms with E-state index in [2.05, 4.69) is 9.97 Å². The average Bonchev–Trinajstić information content (AvgIpc) is 2.45. The van der Waals surface area contributed by atoms with Crippen LogP contribution in [0.3, 0.4) is 0 Å². The third kappa shape index (κ3) is 3.43. The molecule has 5 nitrogen and oxygen atoms in total. The van der Waals surface area contributed by atoms with E-state index in [4.69, 9.17) is 50.0 Å². The summed E-state index contributed by atoms with van der Waals surface area (Å²) in [6, 6.07) is 4.66. The number of rotatable bonds is 4. The van der Waals surface area contributed by atoms with Gasteiger partial charge in [-0.05, 0) is 12.1 Å². The molecule has 2 rings (SSSR count). The molecular formula is C13H12Cl3N3O2. The van der Waals surface area contributed by atoms with Crippen molar-refractivity contribution < 1.29 is 9.47 Å². The summed E-state index contributed by atoms with van der Waals surface area (Å²) >= 11 is 18.5.